The Bertz CT molecular complexity index is 575. The van der Waals surface area contributed by atoms with Crippen molar-refractivity contribution >= 4 is 5.78 Å². The van der Waals surface area contributed by atoms with E-state index in [1.807, 2.05) is 44.2 Å². The zero-order chi connectivity index (χ0) is 13.8. The highest BCUT2D eigenvalue weighted by Crippen LogP contribution is 2.18. The molecular weight excluding hydrogens is 239 g/mol. The van der Waals surface area contributed by atoms with Gasteiger partial charge < -0.3 is 0 Å². The molecule has 2 aromatic carbocycles. The number of Topliss-reactive ketones (excluding diaryl/α,β-unsaturated/α-hetero) is 1. The molecule has 19 heavy (non-hydrogen) atoms. The second-order valence-corrected chi connectivity index (χ2v) is 4.91. The monoisotopic (exact) mass is 256 g/mol. The van der Waals surface area contributed by atoms with Gasteiger partial charge in [-0.1, -0.05) is 43.3 Å². The fourth-order valence-corrected chi connectivity index (χ4v) is 2.20. The molecule has 0 aliphatic heterocycles. The Kier molecular flexibility index (Phi) is 4.10. The van der Waals surface area contributed by atoms with E-state index in [1.165, 1.54) is 12.1 Å². The predicted molar refractivity (Wildman–Crippen MR) is 74.8 cm³/mol. The Balaban J connectivity index is 2.13. The second kappa shape index (κ2) is 5.79. The molecule has 0 saturated carbocycles. The van der Waals surface area contributed by atoms with Crippen LogP contribution >= 0.6 is 0 Å². The van der Waals surface area contributed by atoms with Crippen LogP contribution in [0.4, 0.5) is 4.39 Å². The Labute approximate surface area is 113 Å². The van der Waals surface area contributed by atoms with Crippen LogP contribution in [0.25, 0.3) is 0 Å². The van der Waals surface area contributed by atoms with Crippen LogP contribution in [-0.2, 0) is 6.42 Å². The van der Waals surface area contributed by atoms with E-state index in [0.717, 1.165) is 16.7 Å². The highest BCUT2D eigenvalue weighted by atomic mass is 19.1. The fourth-order valence-electron chi connectivity index (χ4n) is 2.20. The Hall–Kier alpha value is -1.96. The first-order valence-electron chi connectivity index (χ1n) is 6.42. The summed E-state index contributed by atoms with van der Waals surface area (Å²) in [5, 5.41) is 0. The fraction of sp³-hybridized carbons (Fsp3) is 0.235. The molecule has 2 aromatic rings. The molecule has 0 heterocycles. The van der Waals surface area contributed by atoms with Crippen molar-refractivity contribution in [3.63, 3.8) is 0 Å². The van der Waals surface area contributed by atoms with E-state index in [9.17, 15) is 9.18 Å². The highest BCUT2D eigenvalue weighted by molar-refractivity contribution is 5.97. The first-order valence-corrected chi connectivity index (χ1v) is 6.42. The third kappa shape index (κ3) is 3.28. The summed E-state index contributed by atoms with van der Waals surface area (Å²) < 4.78 is 13.0. The van der Waals surface area contributed by atoms with Crippen LogP contribution in [0.15, 0.2) is 48.5 Å². The van der Waals surface area contributed by atoms with Gasteiger partial charge in [-0.2, -0.15) is 0 Å². The van der Waals surface area contributed by atoms with Crippen molar-refractivity contribution in [3.05, 3.63) is 71.0 Å². The van der Waals surface area contributed by atoms with Gasteiger partial charge in [0.1, 0.15) is 5.82 Å². The molecule has 0 fully saturated rings. The van der Waals surface area contributed by atoms with Crippen LogP contribution in [-0.4, -0.2) is 5.78 Å². The summed E-state index contributed by atoms with van der Waals surface area (Å²) in [5.41, 5.74) is 2.65. The lowest BCUT2D eigenvalue weighted by Crippen LogP contribution is -2.14. The molecule has 0 bridgehead atoms. The maximum absolute atomic E-state index is 13.0. The average Bonchev–Trinajstić information content (AvgIpc) is 2.42. The van der Waals surface area contributed by atoms with Crippen LogP contribution < -0.4 is 0 Å². The molecule has 2 heteroatoms. The van der Waals surface area contributed by atoms with Gasteiger partial charge in [-0.05, 0) is 36.6 Å². The molecule has 1 atom stereocenters. The molecule has 0 aliphatic rings. The van der Waals surface area contributed by atoms with Gasteiger partial charge in [0.2, 0.25) is 0 Å². The maximum Gasteiger partial charge on any atom is 0.165 e. The van der Waals surface area contributed by atoms with E-state index >= 15 is 0 Å². The summed E-state index contributed by atoms with van der Waals surface area (Å²) in [7, 11) is 0. The van der Waals surface area contributed by atoms with Crippen LogP contribution in [0.5, 0.6) is 0 Å². The molecule has 0 radical (unpaired) electrons. The van der Waals surface area contributed by atoms with Gasteiger partial charge in [-0.3, -0.25) is 4.79 Å². The second-order valence-electron chi connectivity index (χ2n) is 4.91. The standard InChI is InChI=1S/C17H17FO/c1-12-11-16(18)9-8-15(12)10-13(2)17(19)14-6-4-3-5-7-14/h3-9,11,13H,10H2,1-2H3. The lowest BCUT2D eigenvalue weighted by molar-refractivity contribution is 0.0929. The van der Waals surface area contributed by atoms with Crippen molar-refractivity contribution in [2.45, 2.75) is 20.3 Å². The minimum absolute atomic E-state index is 0.105. The number of benzene rings is 2. The largest absolute Gasteiger partial charge is 0.294 e. The number of aryl methyl sites for hydroxylation is 1. The van der Waals surface area contributed by atoms with Gasteiger partial charge in [0.05, 0.1) is 0 Å². The zero-order valence-corrected chi connectivity index (χ0v) is 11.2. The molecule has 98 valence electrons. The Morgan fingerprint density at radius 3 is 2.47 bits per heavy atom. The number of ketones is 1. The smallest absolute Gasteiger partial charge is 0.165 e. The number of carbonyl (C=O) groups is 1. The molecule has 0 N–H and O–H groups in total. The topological polar surface area (TPSA) is 17.1 Å². The zero-order valence-electron chi connectivity index (χ0n) is 11.2. The first-order chi connectivity index (χ1) is 9.08. The van der Waals surface area contributed by atoms with E-state index in [4.69, 9.17) is 0 Å². The van der Waals surface area contributed by atoms with Crippen molar-refractivity contribution in [2.24, 2.45) is 5.92 Å². The average molecular weight is 256 g/mol. The summed E-state index contributed by atoms with van der Waals surface area (Å²) in [6.07, 6.45) is 0.639. The molecule has 1 nitrogen and oxygen atoms in total. The minimum Gasteiger partial charge on any atom is -0.294 e. The van der Waals surface area contributed by atoms with E-state index in [-0.39, 0.29) is 17.5 Å². The van der Waals surface area contributed by atoms with Gasteiger partial charge in [0.15, 0.2) is 5.78 Å². The molecule has 0 aromatic heterocycles. The predicted octanol–water partition coefficient (Wildman–Crippen LogP) is 4.20. The Morgan fingerprint density at radius 2 is 1.84 bits per heavy atom. The summed E-state index contributed by atoms with van der Waals surface area (Å²) in [6, 6.07) is 14.0. The van der Waals surface area contributed by atoms with Crippen molar-refractivity contribution in [1.29, 1.82) is 0 Å². The van der Waals surface area contributed by atoms with Crippen LogP contribution in [0, 0.1) is 18.7 Å². The third-order valence-electron chi connectivity index (χ3n) is 3.34. The summed E-state index contributed by atoms with van der Waals surface area (Å²) >= 11 is 0. The van der Waals surface area contributed by atoms with Gasteiger partial charge >= 0.3 is 0 Å². The van der Waals surface area contributed by atoms with Crippen molar-refractivity contribution in [3.8, 4) is 0 Å². The van der Waals surface area contributed by atoms with Crippen molar-refractivity contribution < 1.29 is 9.18 Å². The molecule has 0 saturated heterocycles. The van der Waals surface area contributed by atoms with E-state index in [1.54, 1.807) is 6.07 Å². The SMILES string of the molecule is Cc1cc(F)ccc1CC(C)C(=O)c1ccccc1. The molecular formula is C17H17FO. The molecule has 0 aliphatic carbocycles. The van der Waals surface area contributed by atoms with E-state index in [0.29, 0.717) is 6.42 Å². The number of rotatable bonds is 4. The molecule has 0 spiro atoms. The third-order valence-corrected chi connectivity index (χ3v) is 3.34. The summed E-state index contributed by atoms with van der Waals surface area (Å²) in [6.45, 7) is 3.79. The van der Waals surface area contributed by atoms with Crippen LogP contribution in [0.2, 0.25) is 0 Å². The number of hydrogen-bond donors (Lipinski definition) is 0. The number of carbonyl (C=O) groups excluding carboxylic acids is 1. The number of halogens is 1. The first kappa shape index (κ1) is 13.5. The Morgan fingerprint density at radius 1 is 1.16 bits per heavy atom. The van der Waals surface area contributed by atoms with Crippen LogP contribution in [0.3, 0.4) is 0 Å². The number of hydrogen-bond acceptors (Lipinski definition) is 1. The minimum atomic E-state index is -0.233. The molecule has 1 unspecified atom stereocenters. The van der Waals surface area contributed by atoms with E-state index < -0.39 is 0 Å². The van der Waals surface area contributed by atoms with Gasteiger partial charge in [-0.25, -0.2) is 4.39 Å². The van der Waals surface area contributed by atoms with Crippen molar-refractivity contribution in [2.75, 3.05) is 0 Å². The lowest BCUT2D eigenvalue weighted by atomic mass is 9.91. The van der Waals surface area contributed by atoms with E-state index in [2.05, 4.69) is 0 Å². The van der Waals surface area contributed by atoms with Crippen molar-refractivity contribution in [1.82, 2.24) is 0 Å². The normalized spacial score (nSPS) is 12.2. The molecule has 0 amide bonds. The van der Waals surface area contributed by atoms with Crippen LogP contribution in [0.1, 0.15) is 28.4 Å². The van der Waals surface area contributed by atoms with Gasteiger partial charge in [0, 0.05) is 11.5 Å². The summed E-state index contributed by atoms with van der Waals surface area (Å²) in [5.74, 6) is -0.209. The molecule has 2 rings (SSSR count). The van der Waals surface area contributed by atoms with Gasteiger partial charge in [0.25, 0.3) is 0 Å². The summed E-state index contributed by atoms with van der Waals surface area (Å²) in [4.78, 5) is 12.3. The lowest BCUT2D eigenvalue weighted by Gasteiger charge is -2.12. The quantitative estimate of drug-likeness (QED) is 0.749. The maximum atomic E-state index is 13.0. The highest BCUT2D eigenvalue weighted by Gasteiger charge is 2.16. The van der Waals surface area contributed by atoms with Gasteiger partial charge in [-0.15, -0.1) is 0 Å².